The van der Waals surface area contributed by atoms with Gasteiger partial charge in [0.05, 0.1) is 5.56 Å². The second-order valence-corrected chi connectivity index (χ2v) is 10.5. The van der Waals surface area contributed by atoms with E-state index in [1.54, 1.807) is 56.4 Å². The molecule has 1 aromatic heterocycles. The molecule has 0 aliphatic carbocycles. The van der Waals surface area contributed by atoms with Gasteiger partial charge in [0.1, 0.15) is 11.5 Å². The van der Waals surface area contributed by atoms with Crippen LogP contribution in [0.15, 0.2) is 60.2 Å². The van der Waals surface area contributed by atoms with E-state index in [9.17, 15) is 23.5 Å². The summed E-state index contributed by atoms with van der Waals surface area (Å²) in [4.78, 5) is 30.5. The van der Waals surface area contributed by atoms with Gasteiger partial charge < -0.3 is 19.2 Å². The van der Waals surface area contributed by atoms with Gasteiger partial charge >= 0.3 is 5.97 Å². The van der Waals surface area contributed by atoms with Crippen LogP contribution in [-0.4, -0.2) is 39.7 Å². The zero-order valence-corrected chi connectivity index (χ0v) is 24.2. The molecule has 0 aliphatic rings. The molecule has 2 aromatic carbocycles. The van der Waals surface area contributed by atoms with Crippen molar-refractivity contribution in [1.29, 1.82) is 0 Å². The monoisotopic (exact) mass is 570 g/mol. The van der Waals surface area contributed by atoms with E-state index < -0.39 is 17.2 Å². The number of allylic oxidation sites excluding steroid dienone is 2. The molecule has 0 fully saturated rings. The summed E-state index contributed by atoms with van der Waals surface area (Å²) in [5.74, 6) is -0.513. The van der Waals surface area contributed by atoms with Gasteiger partial charge in [-0.1, -0.05) is 40.1 Å². The molecule has 1 heterocycles. The lowest BCUT2D eigenvalue weighted by Crippen LogP contribution is -2.37. The molecule has 0 saturated carbocycles. The number of aromatic nitrogens is 1. The molecular weight excluding hydrogens is 537 g/mol. The maximum atomic E-state index is 13.8. The number of carboxylic acid groups (broad SMARTS) is 1. The molecule has 3 aromatic rings. The molecule has 40 heavy (non-hydrogen) atoms. The number of ether oxygens (including phenoxy) is 1. The standard InChI is InChI=1S/C30H33F2N2O5P/c1-18(30(31,32)40)10-15-25-19(2)34(17-21-8-7-9-24(16-21)38-29(4,5)28(36)37)20(3)26(25)27(35)22-11-13-23(14-12-22)39-33-6/h7-16,33H,2,17,40H2,1,3-6H3,(H,36,37)/b18-10+,25-15+. The van der Waals surface area contributed by atoms with Crippen LogP contribution in [0.25, 0.3) is 12.7 Å². The van der Waals surface area contributed by atoms with E-state index in [4.69, 9.17) is 9.57 Å². The van der Waals surface area contributed by atoms with Crippen LogP contribution in [0.3, 0.4) is 0 Å². The highest BCUT2D eigenvalue weighted by molar-refractivity contribution is 7.18. The van der Waals surface area contributed by atoms with E-state index in [1.807, 2.05) is 10.6 Å². The summed E-state index contributed by atoms with van der Waals surface area (Å²) in [6, 6.07) is 13.5. The van der Waals surface area contributed by atoms with Gasteiger partial charge in [0, 0.05) is 35.4 Å². The average molecular weight is 571 g/mol. The Balaban J connectivity index is 2.13. The predicted molar refractivity (Wildman–Crippen MR) is 154 cm³/mol. The lowest BCUT2D eigenvalue weighted by Gasteiger charge is -2.22. The van der Waals surface area contributed by atoms with Gasteiger partial charge in [-0.3, -0.25) is 4.79 Å². The Morgan fingerprint density at radius 1 is 1.15 bits per heavy atom. The zero-order valence-electron chi connectivity index (χ0n) is 23.0. The van der Waals surface area contributed by atoms with E-state index in [0.29, 0.717) is 38.9 Å². The first-order chi connectivity index (χ1) is 18.7. The van der Waals surface area contributed by atoms with Crippen LogP contribution >= 0.6 is 9.24 Å². The van der Waals surface area contributed by atoms with E-state index in [-0.39, 0.29) is 17.9 Å². The van der Waals surface area contributed by atoms with Crippen molar-refractivity contribution >= 4 is 33.6 Å². The Morgan fingerprint density at radius 2 is 1.80 bits per heavy atom. The largest absolute Gasteiger partial charge is 0.478 e. The minimum absolute atomic E-state index is 0.194. The van der Waals surface area contributed by atoms with Crippen molar-refractivity contribution in [2.75, 3.05) is 7.05 Å². The smallest absolute Gasteiger partial charge is 0.347 e. The van der Waals surface area contributed by atoms with Gasteiger partial charge in [0.15, 0.2) is 11.4 Å². The quantitative estimate of drug-likeness (QED) is 0.201. The number of nitrogens with one attached hydrogen (secondary N) is 1. The summed E-state index contributed by atoms with van der Waals surface area (Å²) in [5.41, 5.74) is -0.0724. The van der Waals surface area contributed by atoms with Crippen molar-refractivity contribution in [1.82, 2.24) is 10.0 Å². The summed E-state index contributed by atoms with van der Waals surface area (Å²) >= 11 is 0. The number of benzene rings is 2. The van der Waals surface area contributed by atoms with Gasteiger partial charge in [-0.25, -0.2) is 4.79 Å². The number of nitrogens with zero attached hydrogens (tertiary/aromatic N) is 1. The third kappa shape index (κ3) is 7.03. The maximum absolute atomic E-state index is 13.8. The molecule has 3 rings (SSSR count). The second kappa shape index (κ2) is 12.1. The molecule has 0 aliphatic heterocycles. The second-order valence-electron chi connectivity index (χ2n) is 9.77. The number of hydrogen-bond donors (Lipinski definition) is 2. The number of ketones is 1. The van der Waals surface area contributed by atoms with E-state index in [1.165, 1.54) is 42.2 Å². The molecule has 10 heteroatoms. The number of hydroxylamine groups is 1. The zero-order chi connectivity index (χ0) is 29.8. The molecule has 1 unspecified atom stereocenters. The molecular formula is C30H33F2N2O5P. The highest BCUT2D eigenvalue weighted by Crippen LogP contribution is 2.30. The van der Waals surface area contributed by atoms with Gasteiger partial charge in [0.2, 0.25) is 0 Å². The summed E-state index contributed by atoms with van der Waals surface area (Å²) in [7, 11) is 3.12. The number of carbonyl (C=O) groups is 2. The maximum Gasteiger partial charge on any atom is 0.347 e. The molecule has 0 spiro atoms. The van der Waals surface area contributed by atoms with Crippen molar-refractivity contribution in [2.24, 2.45) is 0 Å². The van der Waals surface area contributed by atoms with Crippen molar-refractivity contribution < 1.29 is 33.1 Å². The minimum atomic E-state index is -3.10. The number of hydrogen-bond acceptors (Lipinski definition) is 5. The Labute approximate surface area is 234 Å². The van der Waals surface area contributed by atoms with Crippen molar-refractivity contribution in [3.63, 3.8) is 0 Å². The van der Waals surface area contributed by atoms with E-state index in [2.05, 4.69) is 12.1 Å². The molecule has 0 saturated heterocycles. The third-order valence-corrected chi connectivity index (χ3v) is 6.84. The van der Waals surface area contributed by atoms with Crippen molar-refractivity contribution in [3.05, 3.63) is 93.1 Å². The first-order valence-corrected chi connectivity index (χ1v) is 13.0. The number of halogens is 2. The number of carboxylic acids is 1. The Bertz CT molecular complexity index is 1550. The highest BCUT2D eigenvalue weighted by Gasteiger charge is 2.29. The van der Waals surface area contributed by atoms with Gasteiger partial charge in [-0.05, 0) is 75.2 Å². The molecule has 2 N–H and O–H groups in total. The Hall–Kier alpha value is -3.81. The Morgan fingerprint density at radius 3 is 2.38 bits per heavy atom. The number of alkyl halides is 2. The topological polar surface area (TPSA) is 89.8 Å². The minimum Gasteiger partial charge on any atom is -0.478 e. The Kier molecular flexibility index (Phi) is 9.33. The SMILES string of the molecule is C=c1/c(=C\C=C(/C)C(F)(F)P)c(C(=O)c2ccc(ONC)cc2)c(C)n1Cc1cccc(OC(C)(C)C(=O)O)c1. The lowest BCUT2D eigenvalue weighted by molar-refractivity contribution is -0.152. The van der Waals surface area contributed by atoms with E-state index >= 15 is 0 Å². The van der Waals surface area contributed by atoms with E-state index in [0.717, 1.165) is 5.56 Å². The highest BCUT2D eigenvalue weighted by atomic mass is 31.0. The number of rotatable bonds is 11. The number of carbonyl (C=O) groups excluding carboxylic acids is 1. The summed E-state index contributed by atoms with van der Waals surface area (Å²) in [5, 5.41) is 10.3. The fourth-order valence-electron chi connectivity index (χ4n) is 3.99. The van der Waals surface area contributed by atoms with Gasteiger partial charge in [-0.2, -0.15) is 14.3 Å². The van der Waals surface area contributed by atoms with Crippen LogP contribution in [0.5, 0.6) is 11.5 Å². The molecule has 0 bridgehead atoms. The van der Waals surface area contributed by atoms with Gasteiger partial charge in [0.25, 0.3) is 5.66 Å². The molecule has 212 valence electrons. The fraction of sp³-hybridized carbons (Fsp3) is 0.267. The number of aliphatic carboxylic acids is 1. The van der Waals surface area contributed by atoms with Crippen LogP contribution in [-0.2, 0) is 11.3 Å². The first-order valence-electron chi connectivity index (χ1n) is 12.4. The summed E-state index contributed by atoms with van der Waals surface area (Å²) in [6.07, 6.45) is 2.77. The van der Waals surface area contributed by atoms with Crippen molar-refractivity contribution in [2.45, 2.75) is 45.5 Å². The first kappa shape index (κ1) is 30.7. The molecule has 0 radical (unpaired) electrons. The average Bonchev–Trinajstić information content (AvgIpc) is 3.11. The van der Waals surface area contributed by atoms with Crippen LogP contribution in [0.1, 0.15) is 48.0 Å². The fourth-order valence-corrected chi connectivity index (χ4v) is 4.08. The van der Waals surface area contributed by atoms with Crippen LogP contribution in [0.2, 0.25) is 0 Å². The van der Waals surface area contributed by atoms with Crippen LogP contribution in [0, 0.1) is 6.92 Å². The predicted octanol–water partition coefficient (Wildman–Crippen LogP) is 4.44. The summed E-state index contributed by atoms with van der Waals surface area (Å²) < 4.78 is 35.2. The molecule has 7 nitrogen and oxygen atoms in total. The third-order valence-electron chi connectivity index (χ3n) is 6.39. The molecule has 0 amide bonds. The lowest BCUT2D eigenvalue weighted by atomic mass is 10.0. The van der Waals surface area contributed by atoms with Gasteiger partial charge in [-0.15, -0.1) is 0 Å². The molecule has 1 atom stereocenters. The summed E-state index contributed by atoms with van der Waals surface area (Å²) in [6.45, 7) is 10.4. The normalized spacial score (nSPS) is 12.9. The van der Waals surface area contributed by atoms with Crippen molar-refractivity contribution in [3.8, 4) is 11.5 Å². The van der Waals surface area contributed by atoms with Crippen LogP contribution in [0.4, 0.5) is 8.78 Å². The van der Waals surface area contributed by atoms with Crippen LogP contribution < -0.4 is 25.6 Å².